The Morgan fingerprint density at radius 2 is 2.06 bits per heavy atom. The van der Waals surface area contributed by atoms with Crippen molar-refractivity contribution in [2.24, 2.45) is 0 Å². The molecular weight excluding hydrogens is 224 g/mol. The molecule has 0 aliphatic carbocycles. The van der Waals surface area contributed by atoms with Crippen molar-refractivity contribution in [3.05, 3.63) is 28.8 Å². The first-order valence-corrected chi connectivity index (χ1v) is 6.06. The summed E-state index contributed by atoms with van der Waals surface area (Å²) >= 11 is 6.08. The Morgan fingerprint density at radius 3 is 2.56 bits per heavy atom. The molecule has 0 fully saturated rings. The summed E-state index contributed by atoms with van der Waals surface area (Å²) in [6.07, 6.45) is 1.76. The second-order valence-electron chi connectivity index (χ2n) is 4.08. The van der Waals surface area contributed by atoms with Crippen LogP contribution in [0.4, 0.5) is 0 Å². The maximum absolute atomic E-state index is 9.41. The van der Waals surface area contributed by atoms with Gasteiger partial charge in [-0.3, -0.25) is 0 Å². The predicted molar refractivity (Wildman–Crippen MR) is 67.1 cm³/mol. The third-order valence-electron chi connectivity index (χ3n) is 2.46. The molecule has 0 saturated carbocycles. The van der Waals surface area contributed by atoms with Crippen LogP contribution in [0.5, 0.6) is 5.75 Å². The maximum atomic E-state index is 9.41. The molecule has 1 aromatic rings. The average Bonchev–Trinajstić information content (AvgIpc) is 2.21. The van der Waals surface area contributed by atoms with Crippen molar-refractivity contribution in [3.63, 3.8) is 0 Å². The van der Waals surface area contributed by atoms with Crippen molar-refractivity contribution >= 4 is 11.6 Å². The molecule has 0 aliphatic rings. The first kappa shape index (κ1) is 13.3. The maximum Gasteiger partial charge on any atom is 0.138 e. The quantitative estimate of drug-likeness (QED) is 0.847. The Labute approximate surface area is 102 Å². The van der Waals surface area contributed by atoms with E-state index in [0.717, 1.165) is 18.4 Å². The molecule has 0 spiro atoms. The van der Waals surface area contributed by atoms with Crippen LogP contribution in [0, 0.1) is 0 Å². The molecule has 0 amide bonds. The van der Waals surface area contributed by atoms with Crippen molar-refractivity contribution in [1.82, 2.24) is 0 Å². The van der Waals surface area contributed by atoms with Crippen LogP contribution in [0.25, 0.3) is 0 Å². The molecule has 0 saturated heterocycles. The van der Waals surface area contributed by atoms with Crippen LogP contribution < -0.4 is 4.74 Å². The Morgan fingerprint density at radius 1 is 1.38 bits per heavy atom. The van der Waals surface area contributed by atoms with E-state index in [1.54, 1.807) is 13.0 Å². The lowest BCUT2D eigenvalue weighted by molar-refractivity contribution is 0.197. The number of benzene rings is 1. The zero-order valence-corrected chi connectivity index (χ0v) is 10.8. The van der Waals surface area contributed by atoms with E-state index in [1.807, 2.05) is 19.1 Å². The third-order valence-corrected chi connectivity index (χ3v) is 2.76. The molecule has 0 aromatic heterocycles. The van der Waals surface area contributed by atoms with Crippen LogP contribution in [0.15, 0.2) is 18.2 Å². The lowest BCUT2D eigenvalue weighted by Gasteiger charge is -2.16. The van der Waals surface area contributed by atoms with Gasteiger partial charge < -0.3 is 9.84 Å². The summed E-state index contributed by atoms with van der Waals surface area (Å²) < 4.78 is 5.71. The van der Waals surface area contributed by atoms with Gasteiger partial charge in [-0.2, -0.15) is 0 Å². The highest BCUT2D eigenvalue weighted by molar-refractivity contribution is 6.32. The van der Waals surface area contributed by atoms with E-state index in [1.165, 1.54) is 0 Å². The van der Waals surface area contributed by atoms with Crippen LogP contribution >= 0.6 is 11.6 Å². The number of halogens is 1. The van der Waals surface area contributed by atoms with Crippen LogP contribution in [0.3, 0.4) is 0 Å². The van der Waals surface area contributed by atoms with E-state index in [2.05, 4.69) is 6.92 Å². The van der Waals surface area contributed by atoms with Gasteiger partial charge in [0, 0.05) is 0 Å². The molecule has 1 aromatic carbocycles. The highest BCUT2D eigenvalue weighted by Gasteiger charge is 2.09. The molecule has 2 nitrogen and oxygen atoms in total. The van der Waals surface area contributed by atoms with Gasteiger partial charge >= 0.3 is 0 Å². The number of aliphatic hydroxyl groups is 1. The SMILES string of the molecule is CCCC(C)Oc1ccc([C@H](C)O)cc1Cl. The molecule has 1 unspecified atom stereocenters. The van der Waals surface area contributed by atoms with Crippen molar-refractivity contribution in [3.8, 4) is 5.75 Å². The summed E-state index contributed by atoms with van der Waals surface area (Å²) in [5.74, 6) is 0.687. The third kappa shape index (κ3) is 3.69. The molecule has 2 atom stereocenters. The summed E-state index contributed by atoms with van der Waals surface area (Å²) in [4.78, 5) is 0. The summed E-state index contributed by atoms with van der Waals surface area (Å²) in [5.41, 5.74) is 0.806. The van der Waals surface area contributed by atoms with Gasteiger partial charge in [-0.05, 0) is 38.0 Å². The highest BCUT2D eigenvalue weighted by atomic mass is 35.5. The topological polar surface area (TPSA) is 29.5 Å². The largest absolute Gasteiger partial charge is 0.489 e. The fourth-order valence-corrected chi connectivity index (χ4v) is 1.79. The standard InChI is InChI=1S/C13H19ClO2/c1-4-5-9(2)16-13-7-6-11(10(3)15)8-12(13)14/h6-10,15H,4-5H2,1-3H3/t9?,10-/m0/s1. The van der Waals surface area contributed by atoms with Crippen molar-refractivity contribution < 1.29 is 9.84 Å². The Bertz CT molecular complexity index is 337. The van der Waals surface area contributed by atoms with Crippen LogP contribution in [-0.4, -0.2) is 11.2 Å². The van der Waals surface area contributed by atoms with Gasteiger partial charge in [0.1, 0.15) is 5.75 Å². The van der Waals surface area contributed by atoms with E-state index < -0.39 is 6.10 Å². The van der Waals surface area contributed by atoms with Gasteiger partial charge in [0.2, 0.25) is 0 Å². The zero-order valence-electron chi connectivity index (χ0n) is 10.0. The normalized spacial score (nSPS) is 14.6. The molecule has 3 heteroatoms. The van der Waals surface area contributed by atoms with E-state index in [9.17, 15) is 5.11 Å². The Balaban J connectivity index is 2.75. The summed E-state index contributed by atoms with van der Waals surface area (Å²) in [5, 5.41) is 9.96. The monoisotopic (exact) mass is 242 g/mol. The lowest BCUT2D eigenvalue weighted by Crippen LogP contribution is -2.11. The van der Waals surface area contributed by atoms with Crippen molar-refractivity contribution in [2.75, 3.05) is 0 Å². The van der Waals surface area contributed by atoms with Gasteiger partial charge in [-0.1, -0.05) is 31.0 Å². The van der Waals surface area contributed by atoms with Gasteiger partial charge in [0.25, 0.3) is 0 Å². The molecule has 90 valence electrons. The molecular formula is C13H19ClO2. The molecule has 0 heterocycles. The fraction of sp³-hybridized carbons (Fsp3) is 0.538. The molecule has 16 heavy (non-hydrogen) atoms. The first-order valence-electron chi connectivity index (χ1n) is 5.68. The summed E-state index contributed by atoms with van der Waals surface area (Å²) in [7, 11) is 0. The van der Waals surface area contributed by atoms with E-state index in [-0.39, 0.29) is 6.10 Å². The number of hydrogen-bond donors (Lipinski definition) is 1. The lowest BCUT2D eigenvalue weighted by atomic mass is 10.1. The highest BCUT2D eigenvalue weighted by Crippen LogP contribution is 2.29. The average molecular weight is 243 g/mol. The van der Waals surface area contributed by atoms with E-state index >= 15 is 0 Å². The summed E-state index contributed by atoms with van der Waals surface area (Å²) in [6, 6.07) is 5.40. The van der Waals surface area contributed by atoms with Gasteiger partial charge in [-0.15, -0.1) is 0 Å². The first-order chi connectivity index (χ1) is 7.54. The van der Waals surface area contributed by atoms with Crippen LogP contribution in [-0.2, 0) is 0 Å². The molecule has 0 radical (unpaired) electrons. The Hall–Kier alpha value is -0.730. The smallest absolute Gasteiger partial charge is 0.138 e. The minimum absolute atomic E-state index is 0.167. The van der Waals surface area contributed by atoms with Gasteiger partial charge in [0.05, 0.1) is 17.2 Å². The predicted octanol–water partition coefficient (Wildman–Crippen LogP) is 3.96. The molecule has 1 N–H and O–H groups in total. The minimum Gasteiger partial charge on any atom is -0.489 e. The Kier molecular flexibility index (Phi) is 5.10. The number of ether oxygens (including phenoxy) is 1. The molecule has 1 rings (SSSR count). The molecule has 0 bridgehead atoms. The van der Waals surface area contributed by atoms with E-state index in [4.69, 9.17) is 16.3 Å². The van der Waals surface area contributed by atoms with Crippen LogP contribution in [0.1, 0.15) is 45.3 Å². The van der Waals surface area contributed by atoms with Gasteiger partial charge in [0.15, 0.2) is 0 Å². The molecule has 0 aliphatic heterocycles. The second-order valence-corrected chi connectivity index (χ2v) is 4.49. The summed E-state index contributed by atoms with van der Waals surface area (Å²) in [6.45, 7) is 5.87. The van der Waals surface area contributed by atoms with Crippen molar-refractivity contribution in [2.45, 2.75) is 45.8 Å². The van der Waals surface area contributed by atoms with Gasteiger partial charge in [-0.25, -0.2) is 0 Å². The number of hydrogen-bond acceptors (Lipinski definition) is 2. The number of rotatable bonds is 5. The van der Waals surface area contributed by atoms with Crippen LogP contribution in [0.2, 0.25) is 5.02 Å². The second kappa shape index (κ2) is 6.12. The zero-order chi connectivity index (χ0) is 12.1. The van der Waals surface area contributed by atoms with E-state index in [0.29, 0.717) is 10.8 Å². The fourth-order valence-electron chi connectivity index (χ4n) is 1.55. The van der Waals surface area contributed by atoms with Crippen molar-refractivity contribution in [1.29, 1.82) is 0 Å². The number of aliphatic hydroxyl groups excluding tert-OH is 1. The minimum atomic E-state index is -0.500.